The van der Waals surface area contributed by atoms with E-state index in [1.807, 2.05) is 6.07 Å². The lowest BCUT2D eigenvalue weighted by molar-refractivity contribution is -0.133. The second kappa shape index (κ2) is 7.04. The highest BCUT2D eigenvalue weighted by Crippen LogP contribution is 2.19. The van der Waals surface area contributed by atoms with Crippen LogP contribution in [0.3, 0.4) is 0 Å². The van der Waals surface area contributed by atoms with E-state index in [4.69, 9.17) is 9.84 Å². The van der Waals surface area contributed by atoms with E-state index in [1.54, 1.807) is 16.8 Å². The highest BCUT2D eigenvalue weighted by atomic mass is 32.2. The Bertz CT molecular complexity index is 614. The molecule has 0 radical (unpaired) electrons. The maximum Gasteiger partial charge on any atom is 0.313 e. The molecule has 0 saturated carbocycles. The number of aliphatic hydroxyl groups excluding tert-OH is 1. The number of hydrogen-bond donors (Lipinski definition) is 2. The van der Waals surface area contributed by atoms with Crippen LogP contribution in [0.25, 0.3) is 0 Å². The molecule has 9 heteroatoms. The molecule has 0 spiro atoms. The topological polar surface area (TPSA) is 110 Å². The van der Waals surface area contributed by atoms with Gasteiger partial charge in [-0.1, -0.05) is 17.8 Å². The fourth-order valence-corrected chi connectivity index (χ4v) is 2.31. The number of rotatable bonds is 7. The molecular formula is C12H14N4O4S. The van der Waals surface area contributed by atoms with E-state index in [2.05, 4.69) is 15.2 Å². The summed E-state index contributed by atoms with van der Waals surface area (Å²) in [6.45, 7) is 0.117. The average molecular weight is 310 g/mol. The molecule has 2 rings (SSSR count). The van der Waals surface area contributed by atoms with E-state index >= 15 is 0 Å². The predicted octanol–water partition coefficient (Wildman–Crippen LogP) is 0.399. The SMILES string of the molecule is COc1ccc(Cn2c(CO)nnc2SCC(=O)O)cn1. The second-order valence-electron chi connectivity index (χ2n) is 4.03. The zero-order valence-corrected chi connectivity index (χ0v) is 12.1. The fraction of sp³-hybridized carbons (Fsp3) is 0.333. The number of ether oxygens (including phenoxy) is 1. The van der Waals surface area contributed by atoms with Crippen molar-refractivity contribution in [3.63, 3.8) is 0 Å². The van der Waals surface area contributed by atoms with Gasteiger partial charge in [-0.3, -0.25) is 9.36 Å². The van der Waals surface area contributed by atoms with Gasteiger partial charge in [-0.25, -0.2) is 4.98 Å². The predicted molar refractivity (Wildman–Crippen MR) is 74.2 cm³/mol. The van der Waals surface area contributed by atoms with Crippen LogP contribution in [0.15, 0.2) is 23.5 Å². The van der Waals surface area contributed by atoms with Gasteiger partial charge in [0.25, 0.3) is 0 Å². The van der Waals surface area contributed by atoms with Crippen molar-refractivity contribution in [2.75, 3.05) is 12.9 Å². The first kappa shape index (κ1) is 15.3. The molecule has 0 aliphatic heterocycles. The number of aliphatic carboxylic acids is 1. The fourth-order valence-electron chi connectivity index (χ4n) is 1.64. The molecule has 0 amide bonds. The Morgan fingerprint density at radius 2 is 2.24 bits per heavy atom. The molecule has 0 aliphatic rings. The van der Waals surface area contributed by atoms with E-state index in [1.165, 1.54) is 7.11 Å². The lowest BCUT2D eigenvalue weighted by atomic mass is 10.3. The number of methoxy groups -OCH3 is 1. The van der Waals surface area contributed by atoms with Crippen LogP contribution in [0.2, 0.25) is 0 Å². The molecule has 0 fully saturated rings. The van der Waals surface area contributed by atoms with E-state index in [0.29, 0.717) is 23.4 Å². The van der Waals surface area contributed by atoms with Gasteiger partial charge in [-0.2, -0.15) is 0 Å². The molecule has 2 N–H and O–H groups in total. The molecule has 112 valence electrons. The second-order valence-corrected chi connectivity index (χ2v) is 4.98. The van der Waals surface area contributed by atoms with Crippen LogP contribution in [0.4, 0.5) is 0 Å². The molecule has 2 heterocycles. The molecule has 0 aliphatic carbocycles. The molecular weight excluding hydrogens is 296 g/mol. The van der Waals surface area contributed by atoms with Crippen molar-refractivity contribution in [1.82, 2.24) is 19.7 Å². The van der Waals surface area contributed by atoms with Crippen LogP contribution < -0.4 is 4.74 Å². The minimum Gasteiger partial charge on any atom is -0.481 e. The number of hydrogen-bond acceptors (Lipinski definition) is 7. The number of carboxylic acids is 1. The number of thioether (sulfide) groups is 1. The molecule has 0 atom stereocenters. The van der Waals surface area contributed by atoms with Crippen molar-refractivity contribution in [3.8, 4) is 5.88 Å². The zero-order chi connectivity index (χ0) is 15.2. The summed E-state index contributed by atoms with van der Waals surface area (Å²) in [6, 6.07) is 3.56. The summed E-state index contributed by atoms with van der Waals surface area (Å²) >= 11 is 1.05. The van der Waals surface area contributed by atoms with Crippen LogP contribution >= 0.6 is 11.8 Å². The van der Waals surface area contributed by atoms with E-state index in [0.717, 1.165) is 17.3 Å². The number of pyridine rings is 1. The summed E-state index contributed by atoms with van der Waals surface area (Å²) in [7, 11) is 1.53. The smallest absolute Gasteiger partial charge is 0.313 e. The average Bonchev–Trinajstić information content (AvgIpc) is 2.88. The number of nitrogens with zero attached hydrogens (tertiary/aromatic N) is 4. The lowest BCUT2D eigenvalue weighted by Crippen LogP contribution is -2.08. The first-order valence-corrected chi connectivity index (χ1v) is 6.99. The van der Waals surface area contributed by atoms with Gasteiger partial charge in [0, 0.05) is 12.3 Å². The molecule has 8 nitrogen and oxygen atoms in total. The number of aliphatic hydroxyl groups is 1. The van der Waals surface area contributed by atoms with Gasteiger partial charge < -0.3 is 14.9 Å². The third kappa shape index (κ3) is 3.92. The molecule has 2 aromatic rings. The molecule has 2 aromatic heterocycles. The molecule has 0 bridgehead atoms. The third-order valence-corrected chi connectivity index (χ3v) is 3.56. The maximum absolute atomic E-state index is 10.6. The molecule has 0 aromatic carbocycles. The van der Waals surface area contributed by atoms with Crippen LogP contribution in [0, 0.1) is 0 Å². The van der Waals surface area contributed by atoms with Crippen LogP contribution in [-0.2, 0) is 17.9 Å². The van der Waals surface area contributed by atoms with Gasteiger partial charge in [0.2, 0.25) is 5.88 Å². The molecule has 0 saturated heterocycles. The van der Waals surface area contributed by atoms with Crippen molar-refractivity contribution in [1.29, 1.82) is 0 Å². The van der Waals surface area contributed by atoms with Crippen molar-refractivity contribution >= 4 is 17.7 Å². The van der Waals surface area contributed by atoms with Gasteiger partial charge >= 0.3 is 5.97 Å². The van der Waals surface area contributed by atoms with Crippen LogP contribution in [0.1, 0.15) is 11.4 Å². The Morgan fingerprint density at radius 1 is 1.43 bits per heavy atom. The van der Waals surface area contributed by atoms with Gasteiger partial charge in [0.05, 0.1) is 19.4 Å². The first-order chi connectivity index (χ1) is 10.1. The standard InChI is InChI=1S/C12H14N4O4S/c1-20-10-3-2-8(4-13-10)5-16-9(6-17)14-15-12(16)21-7-11(18)19/h2-4,17H,5-7H2,1H3,(H,18,19). The van der Waals surface area contributed by atoms with Crippen molar-refractivity contribution in [2.24, 2.45) is 0 Å². The Kier molecular flexibility index (Phi) is 5.12. The van der Waals surface area contributed by atoms with Crippen molar-refractivity contribution < 1.29 is 19.7 Å². The van der Waals surface area contributed by atoms with E-state index in [-0.39, 0.29) is 12.4 Å². The largest absolute Gasteiger partial charge is 0.481 e. The molecule has 0 unspecified atom stereocenters. The quantitative estimate of drug-likeness (QED) is 0.707. The summed E-state index contributed by atoms with van der Waals surface area (Å²) in [5, 5.41) is 26.2. The number of carbonyl (C=O) groups is 1. The highest BCUT2D eigenvalue weighted by Gasteiger charge is 2.14. The Hall–Kier alpha value is -2.13. The van der Waals surface area contributed by atoms with Crippen LogP contribution in [-0.4, -0.2) is 48.8 Å². The van der Waals surface area contributed by atoms with Crippen LogP contribution in [0.5, 0.6) is 5.88 Å². The zero-order valence-electron chi connectivity index (χ0n) is 11.3. The maximum atomic E-state index is 10.6. The monoisotopic (exact) mass is 310 g/mol. The summed E-state index contributed by atoms with van der Waals surface area (Å²) in [5.41, 5.74) is 0.863. The van der Waals surface area contributed by atoms with E-state index in [9.17, 15) is 9.90 Å². The number of aromatic nitrogens is 4. The van der Waals surface area contributed by atoms with Crippen molar-refractivity contribution in [3.05, 3.63) is 29.7 Å². The van der Waals surface area contributed by atoms with Gasteiger partial charge in [-0.05, 0) is 5.56 Å². The summed E-state index contributed by atoms with van der Waals surface area (Å²) < 4.78 is 6.65. The normalized spacial score (nSPS) is 10.6. The third-order valence-electron chi connectivity index (χ3n) is 2.61. The summed E-state index contributed by atoms with van der Waals surface area (Å²) in [4.78, 5) is 14.7. The highest BCUT2D eigenvalue weighted by molar-refractivity contribution is 7.99. The molecule has 21 heavy (non-hydrogen) atoms. The Labute approximate surface area is 124 Å². The van der Waals surface area contributed by atoms with E-state index < -0.39 is 5.97 Å². The van der Waals surface area contributed by atoms with Gasteiger partial charge in [-0.15, -0.1) is 10.2 Å². The summed E-state index contributed by atoms with van der Waals surface area (Å²) in [5.74, 6) is -0.181. The van der Waals surface area contributed by atoms with Crippen molar-refractivity contribution in [2.45, 2.75) is 18.3 Å². The Morgan fingerprint density at radius 3 is 2.81 bits per heavy atom. The number of carboxylic acid groups (broad SMARTS) is 1. The van der Waals surface area contributed by atoms with Gasteiger partial charge in [0.15, 0.2) is 11.0 Å². The minimum absolute atomic E-state index is 0.121. The van der Waals surface area contributed by atoms with Gasteiger partial charge in [0.1, 0.15) is 6.61 Å². The first-order valence-electron chi connectivity index (χ1n) is 6.00. The summed E-state index contributed by atoms with van der Waals surface area (Å²) in [6.07, 6.45) is 1.64. The Balaban J connectivity index is 2.19. The lowest BCUT2D eigenvalue weighted by Gasteiger charge is -2.08. The minimum atomic E-state index is -0.939.